The first-order valence-electron chi connectivity index (χ1n) is 20.9. The number of cyclic esters (lactones) is 2. The zero-order valence-corrected chi connectivity index (χ0v) is 39.9. The molecule has 3 aliphatic heterocycles. The maximum atomic E-state index is 11.7. The van der Waals surface area contributed by atoms with E-state index in [1.165, 1.54) is 20.7 Å². The molecule has 1 fully saturated rings. The molecule has 0 aromatic carbocycles. The van der Waals surface area contributed by atoms with Gasteiger partial charge in [0.1, 0.15) is 33.0 Å². The van der Waals surface area contributed by atoms with Crippen LogP contribution in [0.4, 0.5) is 0 Å². The number of Topliss-reactive ketones (excluding diaryl/α,β-unsaturated/α-hetero) is 2. The second kappa shape index (κ2) is 45.3. The molecule has 3 rings (SSSR count). The van der Waals surface area contributed by atoms with E-state index in [0.717, 1.165) is 34.1 Å². The van der Waals surface area contributed by atoms with Gasteiger partial charge in [-0.1, -0.05) is 6.92 Å². The molecule has 0 bridgehead atoms. The van der Waals surface area contributed by atoms with Crippen molar-refractivity contribution in [2.24, 2.45) is 9.98 Å². The quantitative estimate of drug-likeness (QED) is 0.0164. The van der Waals surface area contributed by atoms with Crippen LogP contribution in [0, 0.1) is 0 Å². The number of carboxylic acids is 3. The summed E-state index contributed by atoms with van der Waals surface area (Å²) < 4.78 is 51.1. The molecule has 3 unspecified atom stereocenters. The molecular weight excluding hydrogens is 967 g/mol. The first-order chi connectivity index (χ1) is 33.4. The standard InChI is InChI=1S/C20H28O13.C6H8N2O2.C5H8O5.C4H4O3.C2H4O2.C2H6O2.CH3BO/c1-4-5-16(24)33-13(3)20(28)31-11-17(25)30-9-8-29-10-18(26)32-12(2)19(27)14(21)6-7-15(22)23;1-3-9-5(7-1)6-8-2-4-10-6;1-3(5(8)9)10-4(7)2-6;5-3-1-2-4(6)7-3;1-2(3)4;3-1-2-4;1-2-3/h12-13H,4-11H2,1-3H3,(H,22,23);1-4H2;3,6H,2H2,1H3,(H,8,9);1-2H2;1H3,(H,3,4);3-4H,1-2H2;1H3. The van der Waals surface area contributed by atoms with Gasteiger partial charge in [0.05, 0.1) is 52.2 Å². The number of hydrogen-bond donors (Lipinski definition) is 6. The van der Waals surface area contributed by atoms with Crippen LogP contribution in [0.3, 0.4) is 0 Å². The van der Waals surface area contributed by atoms with Gasteiger partial charge in [-0.2, -0.15) is 0 Å². The first kappa shape index (κ1) is 70.4. The number of aliphatic imine (C=N–C) groups is 2. The Morgan fingerprint density at radius 3 is 1.52 bits per heavy atom. The molecule has 0 aliphatic carbocycles. The van der Waals surface area contributed by atoms with E-state index in [-0.39, 0.29) is 45.7 Å². The van der Waals surface area contributed by atoms with Crippen LogP contribution in [-0.4, -0.2) is 212 Å². The van der Waals surface area contributed by atoms with Crippen LogP contribution in [0.5, 0.6) is 0 Å². The maximum absolute atomic E-state index is 11.7. The van der Waals surface area contributed by atoms with Crippen molar-refractivity contribution in [3.8, 4) is 0 Å². The van der Waals surface area contributed by atoms with E-state index in [1.807, 2.05) is 0 Å². The van der Waals surface area contributed by atoms with Gasteiger partial charge in [-0.15, -0.1) is 0 Å². The minimum Gasteiger partial charge on any atom is -0.481 e. The first-order valence-corrected chi connectivity index (χ1v) is 20.9. The fraction of sp³-hybridized carbons (Fsp3) is 0.650. The third-order valence-electron chi connectivity index (χ3n) is 6.66. The van der Waals surface area contributed by atoms with Gasteiger partial charge in [0, 0.05) is 19.8 Å². The van der Waals surface area contributed by atoms with E-state index >= 15 is 0 Å². The van der Waals surface area contributed by atoms with Gasteiger partial charge in [-0.25, -0.2) is 34.0 Å². The summed E-state index contributed by atoms with van der Waals surface area (Å²) in [4.78, 5) is 137. The topological polar surface area (TPSA) is 451 Å². The molecule has 1 saturated heterocycles. The molecule has 0 aromatic rings. The average molecular weight is 1030 g/mol. The summed E-state index contributed by atoms with van der Waals surface area (Å²) in [7, 11) is 0.750. The molecule has 0 saturated carbocycles. The van der Waals surface area contributed by atoms with Crippen molar-refractivity contribution in [1.82, 2.24) is 0 Å². The summed E-state index contributed by atoms with van der Waals surface area (Å²) in [5.41, 5.74) is 0. The van der Waals surface area contributed by atoms with Crippen LogP contribution in [0.25, 0.3) is 0 Å². The molecular formula is C40H61BN2O28. The predicted molar refractivity (Wildman–Crippen MR) is 233 cm³/mol. The summed E-state index contributed by atoms with van der Waals surface area (Å²) in [6.07, 6.45) is -3.57. The van der Waals surface area contributed by atoms with Crippen molar-refractivity contribution in [2.75, 3.05) is 72.6 Å². The number of aliphatic hydroxyl groups excluding tert-OH is 3. The number of rotatable bonds is 22. The number of nitrogens with zero attached hydrogens (tertiary/aromatic N) is 2. The number of aliphatic hydroxyl groups is 3. The SMILES string of the molecule is C1COC(C2=NCCO2)=N1.CB=O.CC(=O)O.CC(OC(=O)CO)C(=O)O.CCCC(=O)OC(C)C(=O)OCC(=O)OCCOCC(=O)OC(C)C(=O)C(=O)CCC(=O)O.O=C1CCC(=O)O1.OCCO. The summed E-state index contributed by atoms with van der Waals surface area (Å²) in [6.45, 7) is 7.89. The molecule has 3 heterocycles. The van der Waals surface area contributed by atoms with E-state index in [4.69, 9.17) is 68.6 Å². The minimum absolute atomic E-state index is 0.125. The molecule has 0 amide bonds. The summed E-state index contributed by atoms with van der Waals surface area (Å²) in [6, 6.07) is 0. The molecule has 31 heteroatoms. The third-order valence-corrected chi connectivity index (χ3v) is 6.66. The van der Waals surface area contributed by atoms with Gasteiger partial charge in [0.15, 0.2) is 24.9 Å². The number of aliphatic carboxylic acids is 3. The van der Waals surface area contributed by atoms with Crippen LogP contribution in [0.2, 0.25) is 6.82 Å². The Labute approximate surface area is 406 Å². The fourth-order valence-corrected chi connectivity index (χ4v) is 3.67. The normalized spacial score (nSPS) is 13.5. The Bertz CT molecular complexity index is 1740. The van der Waals surface area contributed by atoms with Gasteiger partial charge >= 0.3 is 72.4 Å². The zero-order valence-electron chi connectivity index (χ0n) is 39.9. The van der Waals surface area contributed by atoms with E-state index in [2.05, 4.69) is 24.2 Å². The minimum atomic E-state index is -1.40. The van der Waals surface area contributed by atoms with Gasteiger partial charge in [0.25, 0.3) is 17.8 Å². The Hall–Kier alpha value is -7.12. The van der Waals surface area contributed by atoms with E-state index in [9.17, 15) is 52.7 Å². The van der Waals surface area contributed by atoms with Crippen LogP contribution in [0.1, 0.15) is 73.1 Å². The molecule has 0 radical (unpaired) electrons. The van der Waals surface area contributed by atoms with Crippen molar-refractivity contribution >= 4 is 90.2 Å². The molecule has 3 atom stereocenters. The molecule has 0 spiro atoms. The molecule has 0 aromatic heterocycles. The van der Waals surface area contributed by atoms with E-state index in [0.29, 0.717) is 31.4 Å². The fourth-order valence-electron chi connectivity index (χ4n) is 3.67. The van der Waals surface area contributed by atoms with Crippen LogP contribution < -0.4 is 0 Å². The second-order valence-corrected chi connectivity index (χ2v) is 12.8. The smallest absolute Gasteiger partial charge is 0.347 e. The number of hydrogen-bond acceptors (Lipinski definition) is 27. The second-order valence-electron chi connectivity index (χ2n) is 12.8. The number of ether oxygens (including phenoxy) is 9. The Kier molecular flexibility index (Phi) is 45.0. The van der Waals surface area contributed by atoms with Crippen molar-refractivity contribution in [1.29, 1.82) is 0 Å². The number of ketones is 2. The molecule has 3 aliphatic rings. The van der Waals surface area contributed by atoms with Crippen LogP contribution in [-0.2, 0) is 105 Å². The van der Waals surface area contributed by atoms with Crippen molar-refractivity contribution in [3.63, 3.8) is 0 Å². The molecule has 402 valence electrons. The number of esters is 7. The monoisotopic (exact) mass is 1030 g/mol. The van der Waals surface area contributed by atoms with Crippen LogP contribution in [0.15, 0.2) is 9.98 Å². The third kappa shape index (κ3) is 45.1. The van der Waals surface area contributed by atoms with Gasteiger partial charge < -0.3 is 73.3 Å². The summed E-state index contributed by atoms with van der Waals surface area (Å²) in [5.74, 6) is -9.24. The number of carbonyl (C=O) groups excluding carboxylic acids is 9. The predicted octanol–water partition coefficient (Wildman–Crippen LogP) is -2.41. The van der Waals surface area contributed by atoms with Gasteiger partial charge in [0.2, 0.25) is 11.6 Å². The number of carbonyl (C=O) groups is 12. The Balaban J connectivity index is -0.000000468. The molecule has 71 heavy (non-hydrogen) atoms. The van der Waals surface area contributed by atoms with E-state index in [1.54, 1.807) is 6.92 Å². The average Bonchev–Trinajstić information content (AvgIpc) is 4.12. The zero-order chi connectivity index (χ0) is 55.3. The molecule has 30 nitrogen and oxygen atoms in total. The van der Waals surface area contributed by atoms with E-state index < -0.39 is 122 Å². The van der Waals surface area contributed by atoms with Crippen molar-refractivity contribution in [3.05, 3.63) is 0 Å². The van der Waals surface area contributed by atoms with Gasteiger partial charge in [-0.05, 0) is 27.2 Å². The largest absolute Gasteiger partial charge is 0.481 e. The molecule has 6 N–H and O–H groups in total. The number of carboxylic acid groups (broad SMARTS) is 3. The summed E-state index contributed by atoms with van der Waals surface area (Å²) >= 11 is 0. The van der Waals surface area contributed by atoms with Crippen molar-refractivity contribution < 1.29 is 136 Å². The summed E-state index contributed by atoms with van der Waals surface area (Å²) in [5, 5.41) is 47.4. The van der Waals surface area contributed by atoms with Crippen LogP contribution >= 0.6 is 0 Å². The maximum Gasteiger partial charge on any atom is 0.347 e. The van der Waals surface area contributed by atoms with Gasteiger partial charge in [-0.3, -0.25) is 33.6 Å². The Morgan fingerprint density at radius 1 is 0.662 bits per heavy atom. The van der Waals surface area contributed by atoms with Crippen molar-refractivity contribution in [2.45, 2.75) is 98.3 Å². The Morgan fingerprint density at radius 2 is 1.14 bits per heavy atom.